The number of aromatic hydroxyl groups is 1. The molecule has 0 amide bonds. The summed E-state index contributed by atoms with van der Waals surface area (Å²) in [6.45, 7) is 1.85. The molecule has 6 nitrogen and oxygen atoms in total. The number of aliphatic carboxylic acids is 1. The summed E-state index contributed by atoms with van der Waals surface area (Å²) in [5.41, 5.74) is 0.303. The molecule has 1 aromatic heterocycles. The van der Waals surface area contributed by atoms with Crippen LogP contribution in [0, 0.1) is 3.57 Å². The highest BCUT2D eigenvalue weighted by Gasteiger charge is 2.16. The Bertz CT molecular complexity index is 748. The number of thioether (sulfide) groups is 1. The van der Waals surface area contributed by atoms with Gasteiger partial charge in [0.2, 0.25) is 5.89 Å². The Balaban J connectivity index is 2.37. The molecule has 0 saturated carbocycles. The first-order valence-electron chi connectivity index (χ1n) is 6.04. The van der Waals surface area contributed by atoms with Crippen molar-refractivity contribution in [3.05, 3.63) is 37.1 Å². The van der Waals surface area contributed by atoms with Gasteiger partial charge < -0.3 is 14.6 Å². The zero-order chi connectivity index (χ0) is 16.3. The van der Waals surface area contributed by atoms with E-state index in [-0.39, 0.29) is 15.9 Å². The van der Waals surface area contributed by atoms with Crippen LogP contribution in [0.4, 0.5) is 0 Å². The minimum Gasteiger partial charge on any atom is -0.506 e. The molecule has 0 bridgehead atoms. The maximum Gasteiger partial charge on any atom is 0.342 e. The highest BCUT2D eigenvalue weighted by atomic mass is 127. The third-order valence-corrected chi connectivity index (χ3v) is 4.40. The van der Waals surface area contributed by atoms with E-state index in [0.29, 0.717) is 26.5 Å². The van der Waals surface area contributed by atoms with E-state index in [1.807, 2.05) is 29.5 Å². The van der Waals surface area contributed by atoms with Gasteiger partial charge in [-0.3, -0.25) is 0 Å². The molecule has 0 aliphatic heterocycles. The van der Waals surface area contributed by atoms with Crippen molar-refractivity contribution in [2.45, 2.75) is 18.6 Å². The van der Waals surface area contributed by atoms with Gasteiger partial charge in [-0.05, 0) is 52.6 Å². The number of phenolic OH excluding ortho intramolecular Hbond substituents is 1. The highest BCUT2D eigenvalue weighted by molar-refractivity contribution is 14.1. The zero-order valence-corrected chi connectivity index (χ0v) is 14.9. The molecule has 0 fully saturated rings. The first-order valence-corrected chi connectivity index (χ1v) is 8.31. The van der Waals surface area contributed by atoms with Crippen molar-refractivity contribution in [3.8, 4) is 5.75 Å². The first-order chi connectivity index (χ1) is 10.4. The number of halogens is 2. The van der Waals surface area contributed by atoms with Crippen molar-refractivity contribution in [1.29, 1.82) is 0 Å². The summed E-state index contributed by atoms with van der Waals surface area (Å²) < 4.78 is 5.80. The number of benzene rings is 1. The van der Waals surface area contributed by atoms with Crippen LogP contribution in [0.25, 0.3) is 6.08 Å². The van der Waals surface area contributed by atoms with Crippen molar-refractivity contribution in [1.82, 2.24) is 10.2 Å². The Morgan fingerprint density at radius 2 is 2.23 bits per heavy atom. The second-order valence-corrected chi connectivity index (χ2v) is 6.65. The van der Waals surface area contributed by atoms with E-state index < -0.39 is 5.97 Å². The lowest BCUT2D eigenvalue weighted by molar-refractivity contribution is -0.131. The standard InChI is InChI=1S/C13H10ClIN2O4S/c1-2-10-16-17-13(21-10)22-9(12(19)20)4-6-3-7(14)5-8(15)11(6)18/h3-5,18H,2H2,1H3,(H,19,20)/b9-4-. The van der Waals surface area contributed by atoms with E-state index in [0.717, 1.165) is 11.8 Å². The predicted octanol–water partition coefficient (Wildman–Crippen LogP) is 3.81. The van der Waals surface area contributed by atoms with Gasteiger partial charge in [0.25, 0.3) is 5.22 Å². The molecule has 0 radical (unpaired) electrons. The van der Waals surface area contributed by atoms with Gasteiger partial charge in [-0.2, -0.15) is 0 Å². The van der Waals surface area contributed by atoms with Gasteiger partial charge in [0.05, 0.1) is 3.57 Å². The van der Waals surface area contributed by atoms with Crippen molar-refractivity contribution in [3.63, 3.8) is 0 Å². The fraction of sp³-hybridized carbons (Fsp3) is 0.154. The number of nitrogens with zero attached hydrogens (tertiary/aromatic N) is 2. The van der Waals surface area contributed by atoms with Crippen LogP contribution in [0.5, 0.6) is 5.75 Å². The molecule has 1 heterocycles. The van der Waals surface area contributed by atoms with Crippen LogP contribution in [0.1, 0.15) is 18.4 Å². The number of hydrogen-bond donors (Lipinski definition) is 2. The average molecular weight is 453 g/mol. The summed E-state index contributed by atoms with van der Waals surface area (Å²) in [5.74, 6) is -0.785. The Morgan fingerprint density at radius 1 is 1.50 bits per heavy atom. The number of rotatable bonds is 5. The number of phenols is 1. The number of carbonyl (C=O) groups is 1. The van der Waals surface area contributed by atoms with Gasteiger partial charge >= 0.3 is 5.97 Å². The minimum absolute atomic E-state index is 0.0378. The molecule has 1 aromatic carbocycles. The lowest BCUT2D eigenvalue weighted by Crippen LogP contribution is -1.97. The van der Waals surface area contributed by atoms with Crippen LogP contribution >= 0.6 is 46.0 Å². The largest absolute Gasteiger partial charge is 0.506 e. The quantitative estimate of drug-likeness (QED) is 0.404. The molecule has 0 aliphatic rings. The molecule has 0 aliphatic carbocycles. The lowest BCUT2D eigenvalue weighted by Gasteiger charge is -2.05. The van der Waals surface area contributed by atoms with Crippen LogP contribution in [0.3, 0.4) is 0 Å². The number of aromatic nitrogens is 2. The second kappa shape index (κ2) is 7.34. The molecular formula is C13H10ClIN2O4S. The third kappa shape index (κ3) is 4.14. The zero-order valence-electron chi connectivity index (χ0n) is 11.2. The van der Waals surface area contributed by atoms with Crippen LogP contribution in [0.2, 0.25) is 5.02 Å². The summed E-state index contributed by atoms with van der Waals surface area (Å²) >= 11 is 8.65. The Morgan fingerprint density at radius 3 is 2.82 bits per heavy atom. The van der Waals surface area contributed by atoms with Crippen LogP contribution < -0.4 is 0 Å². The lowest BCUT2D eigenvalue weighted by atomic mass is 10.2. The summed E-state index contributed by atoms with van der Waals surface area (Å²) in [5, 5.41) is 27.3. The monoisotopic (exact) mass is 452 g/mol. The van der Waals surface area contributed by atoms with Crippen LogP contribution in [-0.4, -0.2) is 26.4 Å². The van der Waals surface area contributed by atoms with Gasteiger partial charge in [0, 0.05) is 17.0 Å². The molecule has 0 spiro atoms. The van der Waals surface area contributed by atoms with E-state index in [2.05, 4.69) is 10.2 Å². The predicted molar refractivity (Wildman–Crippen MR) is 91.0 cm³/mol. The number of carboxylic acid groups (broad SMARTS) is 1. The normalized spacial score (nSPS) is 11.7. The molecule has 0 saturated heterocycles. The molecule has 2 N–H and O–H groups in total. The fourth-order valence-electron chi connectivity index (χ4n) is 1.49. The molecule has 116 valence electrons. The van der Waals surface area contributed by atoms with Crippen LogP contribution in [0.15, 0.2) is 26.7 Å². The molecule has 2 rings (SSSR count). The van der Waals surface area contributed by atoms with Crippen molar-refractivity contribution >= 4 is 58.0 Å². The van der Waals surface area contributed by atoms with E-state index in [1.54, 1.807) is 6.07 Å². The Kier molecular flexibility index (Phi) is 5.70. The molecule has 22 heavy (non-hydrogen) atoms. The summed E-state index contributed by atoms with van der Waals surface area (Å²) in [7, 11) is 0. The van der Waals surface area contributed by atoms with E-state index in [4.69, 9.17) is 16.0 Å². The van der Waals surface area contributed by atoms with E-state index in [1.165, 1.54) is 12.1 Å². The number of hydrogen-bond acceptors (Lipinski definition) is 6. The average Bonchev–Trinajstić information content (AvgIpc) is 2.91. The molecule has 2 aromatic rings. The topological polar surface area (TPSA) is 96.5 Å². The van der Waals surface area contributed by atoms with E-state index in [9.17, 15) is 15.0 Å². The van der Waals surface area contributed by atoms with Gasteiger partial charge in [-0.15, -0.1) is 10.2 Å². The minimum atomic E-state index is -1.17. The van der Waals surface area contributed by atoms with Gasteiger partial charge in [0.1, 0.15) is 10.7 Å². The van der Waals surface area contributed by atoms with Gasteiger partial charge in [-0.1, -0.05) is 18.5 Å². The van der Waals surface area contributed by atoms with Crippen molar-refractivity contribution < 1.29 is 19.4 Å². The SMILES string of the molecule is CCc1nnc(S/C(=C\c2cc(Cl)cc(I)c2O)C(=O)O)o1. The molecule has 0 unspecified atom stereocenters. The highest BCUT2D eigenvalue weighted by Crippen LogP contribution is 2.33. The third-order valence-electron chi connectivity index (χ3n) is 2.50. The number of aryl methyl sites for hydroxylation is 1. The van der Waals surface area contributed by atoms with Crippen molar-refractivity contribution in [2.75, 3.05) is 0 Å². The van der Waals surface area contributed by atoms with E-state index >= 15 is 0 Å². The maximum absolute atomic E-state index is 11.4. The summed E-state index contributed by atoms with van der Waals surface area (Å²) in [4.78, 5) is 11.3. The molecule has 0 atom stereocenters. The first kappa shape index (κ1) is 17.1. The second-order valence-electron chi connectivity index (χ2n) is 4.06. The smallest absolute Gasteiger partial charge is 0.342 e. The van der Waals surface area contributed by atoms with Gasteiger partial charge in [0.15, 0.2) is 0 Å². The Hall–Kier alpha value is -1.26. The molecular weight excluding hydrogens is 443 g/mol. The maximum atomic E-state index is 11.4. The van der Waals surface area contributed by atoms with Crippen molar-refractivity contribution in [2.24, 2.45) is 0 Å². The van der Waals surface area contributed by atoms with Gasteiger partial charge in [-0.25, -0.2) is 4.79 Å². The number of carboxylic acids is 1. The fourth-order valence-corrected chi connectivity index (χ4v) is 3.23. The Labute approximate surface area is 148 Å². The summed E-state index contributed by atoms with van der Waals surface area (Å²) in [6.07, 6.45) is 1.87. The summed E-state index contributed by atoms with van der Waals surface area (Å²) in [6, 6.07) is 3.06. The molecule has 9 heteroatoms. The van der Waals surface area contributed by atoms with Crippen LogP contribution in [-0.2, 0) is 11.2 Å².